The van der Waals surface area contributed by atoms with Gasteiger partial charge in [0.2, 0.25) is 5.91 Å². The van der Waals surface area contributed by atoms with E-state index in [0.717, 1.165) is 16.6 Å². The van der Waals surface area contributed by atoms with Crippen LogP contribution >= 0.6 is 15.9 Å². The molecule has 0 bridgehead atoms. The number of nitrogens with one attached hydrogen (secondary N) is 2. The molecule has 0 aromatic heterocycles. The van der Waals surface area contributed by atoms with Gasteiger partial charge >= 0.3 is 0 Å². The van der Waals surface area contributed by atoms with Gasteiger partial charge in [-0.2, -0.15) is 0 Å². The SMILES string of the molecule is O=C1NCCN[C@H]1c1ccc(Br)cc1. The molecule has 1 aromatic rings. The highest BCUT2D eigenvalue weighted by Gasteiger charge is 2.22. The molecule has 0 aliphatic carbocycles. The number of halogens is 1. The van der Waals surface area contributed by atoms with Gasteiger partial charge in [-0.25, -0.2) is 0 Å². The molecule has 1 atom stereocenters. The Bertz CT molecular complexity index is 336. The predicted molar refractivity (Wildman–Crippen MR) is 57.9 cm³/mol. The van der Waals surface area contributed by atoms with Crippen molar-refractivity contribution in [3.8, 4) is 0 Å². The Morgan fingerprint density at radius 2 is 1.93 bits per heavy atom. The van der Waals surface area contributed by atoms with Crippen molar-refractivity contribution in [1.29, 1.82) is 0 Å². The Morgan fingerprint density at radius 3 is 2.57 bits per heavy atom. The van der Waals surface area contributed by atoms with Crippen molar-refractivity contribution in [2.75, 3.05) is 13.1 Å². The number of carbonyl (C=O) groups is 1. The quantitative estimate of drug-likeness (QED) is 0.792. The molecule has 1 aromatic carbocycles. The minimum Gasteiger partial charge on any atom is -0.353 e. The topological polar surface area (TPSA) is 41.1 Å². The first-order valence-electron chi connectivity index (χ1n) is 4.54. The van der Waals surface area contributed by atoms with Crippen molar-refractivity contribution >= 4 is 21.8 Å². The van der Waals surface area contributed by atoms with Crippen molar-refractivity contribution in [3.05, 3.63) is 34.3 Å². The van der Waals surface area contributed by atoms with E-state index in [0.29, 0.717) is 6.54 Å². The van der Waals surface area contributed by atoms with E-state index in [-0.39, 0.29) is 11.9 Å². The molecular weight excluding hydrogens is 244 g/mol. The lowest BCUT2D eigenvalue weighted by Crippen LogP contribution is -2.47. The first-order valence-corrected chi connectivity index (χ1v) is 5.33. The van der Waals surface area contributed by atoms with E-state index in [1.807, 2.05) is 24.3 Å². The van der Waals surface area contributed by atoms with Crippen LogP contribution in [0, 0.1) is 0 Å². The van der Waals surface area contributed by atoms with Crippen LogP contribution in [0.5, 0.6) is 0 Å². The summed E-state index contributed by atoms with van der Waals surface area (Å²) in [7, 11) is 0. The molecule has 4 heteroatoms. The predicted octanol–water partition coefficient (Wildman–Crippen LogP) is 1.21. The van der Waals surface area contributed by atoms with Crippen molar-refractivity contribution in [3.63, 3.8) is 0 Å². The maximum absolute atomic E-state index is 11.5. The van der Waals surface area contributed by atoms with Crippen LogP contribution in [0.4, 0.5) is 0 Å². The molecule has 2 N–H and O–H groups in total. The Kier molecular flexibility index (Phi) is 2.84. The Balaban J connectivity index is 2.20. The molecule has 74 valence electrons. The lowest BCUT2D eigenvalue weighted by molar-refractivity contribution is -0.124. The Hall–Kier alpha value is -0.870. The zero-order valence-electron chi connectivity index (χ0n) is 7.59. The van der Waals surface area contributed by atoms with Gasteiger partial charge < -0.3 is 10.6 Å². The second-order valence-electron chi connectivity index (χ2n) is 3.23. The van der Waals surface area contributed by atoms with Crippen molar-refractivity contribution < 1.29 is 4.79 Å². The fraction of sp³-hybridized carbons (Fsp3) is 0.300. The summed E-state index contributed by atoms with van der Waals surface area (Å²) in [4.78, 5) is 11.5. The number of carbonyl (C=O) groups excluding carboxylic acids is 1. The molecular formula is C10H11BrN2O. The third-order valence-corrected chi connectivity index (χ3v) is 2.77. The van der Waals surface area contributed by atoms with E-state index in [1.165, 1.54) is 0 Å². The summed E-state index contributed by atoms with van der Waals surface area (Å²) in [6.45, 7) is 1.54. The van der Waals surface area contributed by atoms with Crippen LogP contribution in [0.25, 0.3) is 0 Å². The van der Waals surface area contributed by atoms with Crippen molar-refractivity contribution in [2.45, 2.75) is 6.04 Å². The van der Waals surface area contributed by atoms with Crippen LogP contribution in [0.2, 0.25) is 0 Å². The monoisotopic (exact) mass is 254 g/mol. The van der Waals surface area contributed by atoms with E-state index in [4.69, 9.17) is 0 Å². The first-order chi connectivity index (χ1) is 6.77. The highest BCUT2D eigenvalue weighted by molar-refractivity contribution is 9.10. The summed E-state index contributed by atoms with van der Waals surface area (Å²) in [5, 5.41) is 6.01. The molecule has 3 nitrogen and oxygen atoms in total. The average Bonchev–Trinajstić information content (AvgIpc) is 2.20. The lowest BCUT2D eigenvalue weighted by atomic mass is 10.1. The van der Waals surface area contributed by atoms with Gasteiger partial charge in [-0.1, -0.05) is 28.1 Å². The van der Waals surface area contributed by atoms with Crippen LogP contribution in [-0.4, -0.2) is 19.0 Å². The summed E-state index contributed by atoms with van der Waals surface area (Å²) in [6.07, 6.45) is 0. The van der Waals surface area contributed by atoms with Crippen LogP contribution < -0.4 is 10.6 Å². The highest BCUT2D eigenvalue weighted by atomic mass is 79.9. The standard InChI is InChI=1S/C10H11BrN2O/c11-8-3-1-7(2-4-8)9-10(14)13-6-5-12-9/h1-4,9,12H,5-6H2,(H,13,14)/t9-/m0/s1. The van der Waals surface area contributed by atoms with E-state index in [9.17, 15) is 4.79 Å². The minimum absolute atomic E-state index is 0.0542. The molecule has 1 aliphatic rings. The number of benzene rings is 1. The molecule has 2 rings (SSSR count). The number of rotatable bonds is 1. The molecule has 0 spiro atoms. The van der Waals surface area contributed by atoms with Gasteiger partial charge in [0, 0.05) is 17.6 Å². The molecule has 14 heavy (non-hydrogen) atoms. The van der Waals surface area contributed by atoms with Gasteiger partial charge in [0.25, 0.3) is 0 Å². The maximum atomic E-state index is 11.5. The zero-order chi connectivity index (χ0) is 9.97. The lowest BCUT2D eigenvalue weighted by Gasteiger charge is -2.23. The average molecular weight is 255 g/mol. The summed E-state index contributed by atoms with van der Waals surface area (Å²) in [5.41, 5.74) is 1.01. The third-order valence-electron chi connectivity index (χ3n) is 2.24. The molecule has 1 amide bonds. The molecule has 0 unspecified atom stereocenters. The molecule has 1 saturated heterocycles. The van der Waals surface area contributed by atoms with Crippen LogP contribution in [0.15, 0.2) is 28.7 Å². The van der Waals surface area contributed by atoms with Gasteiger partial charge in [-0.15, -0.1) is 0 Å². The fourth-order valence-corrected chi connectivity index (χ4v) is 1.79. The van der Waals surface area contributed by atoms with Gasteiger partial charge in [-0.3, -0.25) is 4.79 Å². The van der Waals surface area contributed by atoms with Gasteiger partial charge in [0.1, 0.15) is 6.04 Å². The second-order valence-corrected chi connectivity index (χ2v) is 4.15. The first kappa shape index (κ1) is 9.68. The van der Waals surface area contributed by atoms with E-state index >= 15 is 0 Å². The van der Waals surface area contributed by atoms with Crippen molar-refractivity contribution in [2.24, 2.45) is 0 Å². The maximum Gasteiger partial charge on any atom is 0.241 e. The second kappa shape index (κ2) is 4.11. The van der Waals surface area contributed by atoms with Gasteiger partial charge in [0.15, 0.2) is 0 Å². The Labute approximate surface area is 91.0 Å². The van der Waals surface area contributed by atoms with Crippen molar-refractivity contribution in [1.82, 2.24) is 10.6 Å². The summed E-state index contributed by atoms with van der Waals surface area (Å²) >= 11 is 3.36. The smallest absolute Gasteiger partial charge is 0.241 e. The fourth-order valence-electron chi connectivity index (χ4n) is 1.52. The highest BCUT2D eigenvalue weighted by Crippen LogP contribution is 2.17. The Morgan fingerprint density at radius 1 is 1.21 bits per heavy atom. The molecule has 0 saturated carbocycles. The summed E-state index contributed by atoms with van der Waals surface area (Å²) in [6, 6.07) is 7.59. The molecule has 1 heterocycles. The summed E-state index contributed by atoms with van der Waals surface area (Å²) in [5.74, 6) is 0.0542. The number of hydrogen-bond donors (Lipinski definition) is 2. The number of piperazine rings is 1. The number of hydrogen-bond acceptors (Lipinski definition) is 2. The zero-order valence-corrected chi connectivity index (χ0v) is 9.17. The van der Waals surface area contributed by atoms with Crippen LogP contribution in [0.3, 0.4) is 0 Å². The van der Waals surface area contributed by atoms with E-state index < -0.39 is 0 Å². The van der Waals surface area contributed by atoms with Gasteiger partial charge in [-0.05, 0) is 17.7 Å². The molecule has 0 radical (unpaired) electrons. The largest absolute Gasteiger partial charge is 0.353 e. The van der Waals surface area contributed by atoms with E-state index in [2.05, 4.69) is 26.6 Å². The number of amides is 1. The molecule has 1 aliphatic heterocycles. The van der Waals surface area contributed by atoms with Crippen LogP contribution in [0.1, 0.15) is 11.6 Å². The normalized spacial score (nSPS) is 21.8. The molecule has 1 fully saturated rings. The van der Waals surface area contributed by atoms with Gasteiger partial charge in [0.05, 0.1) is 0 Å². The minimum atomic E-state index is -0.197. The van der Waals surface area contributed by atoms with Crippen LogP contribution in [-0.2, 0) is 4.79 Å². The summed E-state index contributed by atoms with van der Waals surface area (Å²) < 4.78 is 1.03. The third kappa shape index (κ3) is 1.96. The van der Waals surface area contributed by atoms with E-state index in [1.54, 1.807) is 0 Å².